The van der Waals surface area contributed by atoms with Gasteiger partial charge in [-0.2, -0.15) is 0 Å². The van der Waals surface area contributed by atoms with Gasteiger partial charge in [-0.1, -0.05) is 0 Å². The molecule has 0 saturated heterocycles. The van der Waals surface area contributed by atoms with Gasteiger partial charge in [0.2, 0.25) is 0 Å². The van der Waals surface area contributed by atoms with Gasteiger partial charge in [-0.3, -0.25) is 0 Å². The molecule has 0 N–H and O–H groups in total. The van der Waals surface area contributed by atoms with E-state index in [0.29, 0.717) is 30.3 Å². The van der Waals surface area contributed by atoms with Crippen LogP contribution in [0.2, 0.25) is 0 Å². The van der Waals surface area contributed by atoms with Crippen molar-refractivity contribution in [3.8, 4) is 0 Å². The summed E-state index contributed by atoms with van der Waals surface area (Å²) in [5, 5.41) is 0. The minimum absolute atomic E-state index is 0.339. The molecule has 0 aromatic carbocycles. The molecule has 5 heteroatoms. The molecule has 34 valence electrons. The van der Waals surface area contributed by atoms with E-state index in [1.807, 2.05) is 0 Å². The summed E-state index contributed by atoms with van der Waals surface area (Å²) in [6.45, 7) is 0. The summed E-state index contributed by atoms with van der Waals surface area (Å²) in [4.78, 5) is 0. The van der Waals surface area contributed by atoms with Crippen molar-refractivity contribution in [1.29, 1.82) is 0 Å². The second-order valence-corrected chi connectivity index (χ2v) is 22.0. The summed E-state index contributed by atoms with van der Waals surface area (Å²) >= 11 is 5.38. The van der Waals surface area contributed by atoms with Crippen LogP contribution in [0.15, 0.2) is 1.36 Å². The molecule has 0 aliphatic heterocycles. The fraction of sp³-hybridized carbons (Fsp3) is 0. The predicted molar refractivity (Wildman–Crippen MR) is 44.5 cm³/mol. The number of nitrogens with zero attached hydrogens (tertiary/aromatic N) is 1. The average molecular weight is 522 g/mol. The molecule has 0 heterocycles. The SMILES string of the molecule is IN=I[I-]I. The van der Waals surface area contributed by atoms with Gasteiger partial charge in [0.25, 0.3) is 0 Å². The van der Waals surface area contributed by atoms with Crippen LogP contribution in [0.3, 0.4) is 0 Å². The van der Waals surface area contributed by atoms with Crippen molar-refractivity contribution >= 4 is 58.5 Å². The summed E-state index contributed by atoms with van der Waals surface area (Å²) < 4.78 is 3.98. The molecule has 1 nitrogen and oxygen atoms in total. The number of halogens is 4. The molecule has 0 aromatic rings. The molecule has 0 saturated carbocycles. The minimum atomic E-state index is 0.339. The summed E-state index contributed by atoms with van der Waals surface area (Å²) in [5.74, 6) is 0. The molecule has 0 bridgehead atoms. The van der Waals surface area contributed by atoms with Gasteiger partial charge in [-0.25, -0.2) is 0 Å². The molecule has 0 rings (SSSR count). The third-order valence-corrected chi connectivity index (χ3v) is 14.6. The fourth-order valence-electron chi connectivity index (χ4n) is 0.00913. The van der Waals surface area contributed by atoms with E-state index in [4.69, 9.17) is 0 Å². The Balaban J connectivity index is 2.62. The van der Waals surface area contributed by atoms with E-state index < -0.39 is 0 Å². The molecule has 5 heavy (non-hydrogen) atoms. The van der Waals surface area contributed by atoms with E-state index in [9.17, 15) is 0 Å². The molecular weight excluding hydrogens is 522 g/mol. The molecule has 0 amide bonds. The van der Waals surface area contributed by atoms with Gasteiger partial charge < -0.3 is 0 Å². The van der Waals surface area contributed by atoms with Crippen LogP contribution in [-0.4, -0.2) is 0 Å². The van der Waals surface area contributed by atoms with E-state index in [-0.39, 0.29) is 0 Å². The van der Waals surface area contributed by atoms with Crippen LogP contribution in [0, 0.1) is 0 Å². The summed E-state index contributed by atoms with van der Waals surface area (Å²) in [5.41, 5.74) is 0. The van der Waals surface area contributed by atoms with Crippen molar-refractivity contribution in [3.05, 3.63) is 0 Å². The molecule has 0 unspecified atom stereocenters. The van der Waals surface area contributed by atoms with E-state index >= 15 is 0 Å². The maximum absolute atomic E-state index is 3.98. The zero-order valence-electron chi connectivity index (χ0n) is 1.96. The van der Waals surface area contributed by atoms with Crippen molar-refractivity contribution < 1.29 is 13.3 Å². The van der Waals surface area contributed by atoms with Crippen LogP contribution < -0.4 is 13.3 Å². The molecule has 0 aliphatic rings. The first-order valence-electron chi connectivity index (χ1n) is 0.624. The molecule has 0 radical (unpaired) electrons. The third-order valence-electron chi connectivity index (χ3n) is 0.0483. The maximum atomic E-state index is 3.98. The van der Waals surface area contributed by atoms with Crippen molar-refractivity contribution in [2.75, 3.05) is 0 Å². The van der Waals surface area contributed by atoms with Crippen molar-refractivity contribution in [3.63, 3.8) is 0 Å². The Hall–Kier alpha value is 2.72. The Bertz CT molecular complexity index is 30.6. The standard InChI is InChI=1S/I4N/c1-3-4-5-2/q-1. The van der Waals surface area contributed by atoms with Gasteiger partial charge in [0.05, 0.1) is 0 Å². The van der Waals surface area contributed by atoms with Gasteiger partial charge >= 0.3 is 73.2 Å². The molecule has 0 atom stereocenters. The Morgan fingerprint density at radius 1 is 1.80 bits per heavy atom. The van der Waals surface area contributed by atoms with Crippen molar-refractivity contribution in [1.82, 2.24) is 0 Å². The number of rotatable bonds is 1. The normalized spacial score (nSPS) is 12.4. The first-order chi connectivity index (χ1) is 2.41. The number of hydrogen-bond acceptors (Lipinski definition) is 1. The molecule has 0 aromatic heterocycles. The van der Waals surface area contributed by atoms with Gasteiger partial charge in [-0.05, 0) is 0 Å². The fourth-order valence-corrected chi connectivity index (χ4v) is 18.5. The van der Waals surface area contributed by atoms with Crippen molar-refractivity contribution in [2.45, 2.75) is 0 Å². The van der Waals surface area contributed by atoms with Crippen LogP contribution >= 0.6 is 58.5 Å². The second kappa shape index (κ2) is 6.72. The molecule has 0 fully saturated rings. The first-order valence-corrected chi connectivity index (χ1v) is 15.1. The third kappa shape index (κ3) is 6.72. The van der Waals surface area contributed by atoms with Gasteiger partial charge in [0.1, 0.15) is 0 Å². The first kappa shape index (κ1) is 7.72. The zero-order chi connectivity index (χ0) is 4.12. The summed E-state index contributed by atoms with van der Waals surface area (Å²) in [7, 11) is 0. The van der Waals surface area contributed by atoms with E-state index in [1.54, 1.807) is 0 Å². The molecule has 0 spiro atoms. The molecule has 0 aliphatic carbocycles. The van der Waals surface area contributed by atoms with E-state index in [0.717, 1.165) is 0 Å². The quantitative estimate of drug-likeness (QED) is 0.426. The van der Waals surface area contributed by atoms with Crippen LogP contribution in [0.25, 0.3) is 0 Å². The Morgan fingerprint density at radius 2 is 2.40 bits per heavy atom. The monoisotopic (exact) mass is 522 g/mol. The average Bonchev–Trinajstić information content (AvgIpc) is 1.41. The number of hydrogen-bond donors (Lipinski definition) is 0. The van der Waals surface area contributed by atoms with Crippen molar-refractivity contribution in [2.24, 2.45) is 1.36 Å². The predicted octanol–water partition coefficient (Wildman–Crippen LogP) is -0.155. The van der Waals surface area contributed by atoms with E-state index in [1.165, 1.54) is 0 Å². The van der Waals surface area contributed by atoms with Gasteiger partial charge in [0.15, 0.2) is 0 Å². The topological polar surface area (TPSA) is 12.4 Å². The van der Waals surface area contributed by atoms with Crippen LogP contribution in [-0.2, 0) is 0 Å². The van der Waals surface area contributed by atoms with Gasteiger partial charge in [0, 0.05) is 0 Å². The Kier molecular flexibility index (Phi) is 10.4. The van der Waals surface area contributed by atoms with Gasteiger partial charge in [-0.15, -0.1) is 0 Å². The molecular formula is I4N-. The van der Waals surface area contributed by atoms with Crippen LogP contribution in [0.1, 0.15) is 0 Å². The Morgan fingerprint density at radius 3 is 2.40 bits per heavy atom. The van der Waals surface area contributed by atoms with E-state index in [2.05, 4.69) is 42.8 Å². The summed E-state index contributed by atoms with van der Waals surface area (Å²) in [6, 6.07) is 0. The Labute approximate surface area is 71.2 Å². The summed E-state index contributed by atoms with van der Waals surface area (Å²) in [6.07, 6.45) is 0. The van der Waals surface area contributed by atoms with Crippen LogP contribution in [0.4, 0.5) is 0 Å². The second-order valence-electron chi connectivity index (χ2n) is 0.182. The zero-order valence-corrected chi connectivity index (χ0v) is 10.6. The van der Waals surface area contributed by atoms with Crippen LogP contribution in [0.5, 0.6) is 0 Å².